The Bertz CT molecular complexity index is 227. The second kappa shape index (κ2) is 4.94. The highest BCUT2D eigenvalue weighted by molar-refractivity contribution is 5.90. The van der Waals surface area contributed by atoms with Gasteiger partial charge in [-0.25, -0.2) is 0 Å². The van der Waals surface area contributed by atoms with Crippen LogP contribution in [0.5, 0.6) is 0 Å². The number of ether oxygens (including phenoxy) is 2. The zero-order chi connectivity index (χ0) is 11.5. The summed E-state index contributed by atoms with van der Waals surface area (Å²) in [6.07, 6.45) is -5.79. The number of carbonyl (C=O) groups is 1. The van der Waals surface area contributed by atoms with Gasteiger partial charge in [0.25, 0.3) is 0 Å². The van der Waals surface area contributed by atoms with Crippen LogP contribution in [0.4, 0.5) is 13.2 Å². The maximum Gasteiger partial charge on any atom is 0.389 e. The first kappa shape index (κ1) is 12.4. The van der Waals surface area contributed by atoms with Crippen LogP contribution in [0.15, 0.2) is 0 Å². The van der Waals surface area contributed by atoms with Crippen molar-refractivity contribution in [2.45, 2.75) is 37.6 Å². The van der Waals surface area contributed by atoms with Crippen LogP contribution in [0.2, 0.25) is 0 Å². The van der Waals surface area contributed by atoms with E-state index in [1.807, 2.05) is 0 Å². The number of hydrogen-bond donors (Lipinski definition) is 0. The molecular weight excluding hydrogens is 213 g/mol. The molecule has 88 valence electrons. The first-order valence-electron chi connectivity index (χ1n) is 4.68. The molecule has 0 aromatic carbocycles. The summed E-state index contributed by atoms with van der Waals surface area (Å²) in [5.41, 5.74) is 0. The monoisotopic (exact) mass is 226 g/mol. The predicted octanol–water partition coefficient (Wildman–Crippen LogP) is 1.70. The van der Waals surface area contributed by atoms with Gasteiger partial charge in [-0.05, 0) is 6.42 Å². The van der Waals surface area contributed by atoms with Gasteiger partial charge in [0.05, 0.1) is 6.10 Å². The van der Waals surface area contributed by atoms with Gasteiger partial charge in [-0.1, -0.05) is 0 Å². The molecule has 0 spiro atoms. The summed E-state index contributed by atoms with van der Waals surface area (Å²) in [7, 11) is 1.38. The van der Waals surface area contributed by atoms with Crippen molar-refractivity contribution in [3.63, 3.8) is 0 Å². The molecule has 0 radical (unpaired) electrons. The summed E-state index contributed by atoms with van der Waals surface area (Å²) >= 11 is 0. The molecule has 0 bridgehead atoms. The van der Waals surface area contributed by atoms with Gasteiger partial charge in [-0.15, -0.1) is 0 Å². The number of halogens is 3. The van der Waals surface area contributed by atoms with Crippen LogP contribution < -0.4 is 0 Å². The van der Waals surface area contributed by atoms with Crippen molar-refractivity contribution < 1.29 is 27.4 Å². The zero-order valence-corrected chi connectivity index (χ0v) is 8.34. The standard InChI is InChI=1S/C9H13F3O3/c1-14-8-6(13)5-7(8)15-4-2-3-9(10,11)12/h7-8H,2-5H2,1H3. The smallest absolute Gasteiger partial charge is 0.375 e. The van der Waals surface area contributed by atoms with E-state index in [1.165, 1.54) is 7.11 Å². The fraction of sp³-hybridized carbons (Fsp3) is 0.889. The maximum atomic E-state index is 11.7. The van der Waals surface area contributed by atoms with E-state index in [1.54, 1.807) is 0 Å². The van der Waals surface area contributed by atoms with Gasteiger partial charge in [0, 0.05) is 26.6 Å². The van der Waals surface area contributed by atoms with Crippen LogP contribution in [-0.4, -0.2) is 37.9 Å². The summed E-state index contributed by atoms with van der Waals surface area (Å²) in [6, 6.07) is 0. The second-order valence-electron chi connectivity index (χ2n) is 3.45. The Hall–Kier alpha value is -0.620. The molecule has 3 nitrogen and oxygen atoms in total. The Kier molecular flexibility index (Phi) is 4.10. The molecule has 2 unspecified atom stereocenters. The average molecular weight is 226 g/mol. The van der Waals surface area contributed by atoms with Gasteiger partial charge >= 0.3 is 6.18 Å². The van der Waals surface area contributed by atoms with Crippen LogP contribution in [0.25, 0.3) is 0 Å². The van der Waals surface area contributed by atoms with Gasteiger partial charge in [-0.3, -0.25) is 4.79 Å². The molecule has 1 saturated carbocycles. The second-order valence-corrected chi connectivity index (χ2v) is 3.45. The molecule has 0 aromatic heterocycles. The molecule has 0 heterocycles. The van der Waals surface area contributed by atoms with E-state index >= 15 is 0 Å². The van der Waals surface area contributed by atoms with Crippen molar-refractivity contribution in [3.8, 4) is 0 Å². The highest BCUT2D eigenvalue weighted by atomic mass is 19.4. The lowest BCUT2D eigenvalue weighted by atomic mass is 9.90. The molecule has 0 aromatic rings. The number of ketones is 1. The highest BCUT2D eigenvalue weighted by Gasteiger charge is 2.40. The van der Waals surface area contributed by atoms with E-state index in [2.05, 4.69) is 0 Å². The summed E-state index contributed by atoms with van der Waals surface area (Å²) in [5.74, 6) is -0.0571. The molecule has 2 atom stereocenters. The largest absolute Gasteiger partial charge is 0.389 e. The number of carbonyl (C=O) groups excluding carboxylic acids is 1. The average Bonchev–Trinajstić information content (AvgIpc) is 2.09. The molecule has 1 aliphatic carbocycles. The Labute approximate surface area is 85.5 Å². The van der Waals surface area contributed by atoms with Crippen LogP contribution in [0.3, 0.4) is 0 Å². The fourth-order valence-corrected chi connectivity index (χ4v) is 1.41. The Morgan fingerprint density at radius 1 is 1.47 bits per heavy atom. The molecular formula is C9H13F3O3. The SMILES string of the molecule is COC1C(=O)CC1OCCCC(F)(F)F. The van der Waals surface area contributed by atoms with Gasteiger partial charge in [0.2, 0.25) is 0 Å². The van der Waals surface area contributed by atoms with E-state index in [-0.39, 0.29) is 31.3 Å². The first-order chi connectivity index (χ1) is 6.94. The number of hydrogen-bond acceptors (Lipinski definition) is 3. The van der Waals surface area contributed by atoms with Crippen molar-refractivity contribution in [2.24, 2.45) is 0 Å². The number of methoxy groups -OCH3 is 1. The zero-order valence-electron chi connectivity index (χ0n) is 8.34. The van der Waals surface area contributed by atoms with E-state index in [4.69, 9.17) is 9.47 Å². The lowest BCUT2D eigenvalue weighted by Crippen LogP contribution is -2.50. The first-order valence-corrected chi connectivity index (χ1v) is 4.68. The normalized spacial score (nSPS) is 26.5. The highest BCUT2D eigenvalue weighted by Crippen LogP contribution is 2.24. The molecule has 1 fully saturated rings. The molecule has 6 heteroatoms. The Morgan fingerprint density at radius 3 is 2.60 bits per heavy atom. The van der Waals surface area contributed by atoms with E-state index in [0.29, 0.717) is 0 Å². The third kappa shape index (κ3) is 3.79. The van der Waals surface area contributed by atoms with Gasteiger partial charge in [-0.2, -0.15) is 13.2 Å². The number of rotatable bonds is 5. The van der Waals surface area contributed by atoms with Crippen LogP contribution >= 0.6 is 0 Å². The summed E-state index contributed by atoms with van der Waals surface area (Å²) < 4.78 is 45.2. The summed E-state index contributed by atoms with van der Waals surface area (Å²) in [4.78, 5) is 10.9. The lowest BCUT2D eigenvalue weighted by molar-refractivity contribution is -0.165. The molecule has 1 aliphatic rings. The van der Waals surface area contributed by atoms with Crippen LogP contribution in [-0.2, 0) is 14.3 Å². The maximum absolute atomic E-state index is 11.7. The number of Topliss-reactive ketones (excluding diaryl/α,β-unsaturated/α-hetero) is 1. The van der Waals surface area contributed by atoms with E-state index < -0.39 is 18.7 Å². The van der Waals surface area contributed by atoms with Crippen molar-refractivity contribution in [3.05, 3.63) is 0 Å². The van der Waals surface area contributed by atoms with E-state index in [0.717, 1.165) is 0 Å². The molecule has 0 amide bonds. The minimum Gasteiger partial charge on any atom is -0.375 e. The van der Waals surface area contributed by atoms with Gasteiger partial charge in [0.1, 0.15) is 6.10 Å². The van der Waals surface area contributed by atoms with Crippen LogP contribution in [0.1, 0.15) is 19.3 Å². The van der Waals surface area contributed by atoms with Crippen molar-refractivity contribution in [1.29, 1.82) is 0 Å². The fourth-order valence-electron chi connectivity index (χ4n) is 1.41. The molecule has 0 saturated heterocycles. The van der Waals surface area contributed by atoms with Crippen LogP contribution in [0, 0.1) is 0 Å². The van der Waals surface area contributed by atoms with Crippen molar-refractivity contribution in [1.82, 2.24) is 0 Å². The van der Waals surface area contributed by atoms with Gasteiger partial charge in [0.15, 0.2) is 5.78 Å². The Morgan fingerprint density at radius 2 is 2.13 bits per heavy atom. The minimum atomic E-state index is -4.14. The molecule has 1 rings (SSSR count). The van der Waals surface area contributed by atoms with E-state index in [9.17, 15) is 18.0 Å². The molecule has 0 aliphatic heterocycles. The quantitative estimate of drug-likeness (QED) is 0.669. The summed E-state index contributed by atoms with van der Waals surface area (Å²) in [5, 5.41) is 0. The molecule has 15 heavy (non-hydrogen) atoms. The van der Waals surface area contributed by atoms with Gasteiger partial charge < -0.3 is 9.47 Å². The minimum absolute atomic E-state index is 0.0112. The third-order valence-electron chi connectivity index (χ3n) is 2.25. The Balaban J connectivity index is 2.09. The van der Waals surface area contributed by atoms with Crippen molar-refractivity contribution >= 4 is 5.78 Å². The lowest BCUT2D eigenvalue weighted by Gasteiger charge is -2.33. The van der Waals surface area contributed by atoms with Crippen molar-refractivity contribution in [2.75, 3.05) is 13.7 Å². The number of alkyl halides is 3. The predicted molar refractivity (Wildman–Crippen MR) is 45.5 cm³/mol. The summed E-state index contributed by atoms with van der Waals surface area (Å²) in [6.45, 7) is 0.0112. The topological polar surface area (TPSA) is 35.5 Å². The third-order valence-corrected chi connectivity index (χ3v) is 2.25. The molecule has 0 N–H and O–H groups in total.